The monoisotopic (exact) mass is 269 g/mol. The first-order chi connectivity index (χ1) is 6.99. The van der Waals surface area contributed by atoms with Gasteiger partial charge in [-0.2, -0.15) is 0 Å². The molecule has 0 saturated carbocycles. The molecule has 2 rings (SSSR count). The van der Waals surface area contributed by atoms with E-state index in [1.54, 1.807) is 0 Å². The Hall–Kier alpha value is 0.160. The van der Waals surface area contributed by atoms with E-state index >= 15 is 0 Å². The van der Waals surface area contributed by atoms with Crippen molar-refractivity contribution in [2.45, 2.75) is 31.9 Å². The molecule has 0 aromatic carbocycles. The van der Waals surface area contributed by atoms with Crippen molar-refractivity contribution in [3.05, 3.63) is 0 Å². The molecule has 2 aliphatic heterocycles. The molecule has 0 radical (unpaired) electrons. The Kier molecular flexibility index (Phi) is 4.63. The summed E-state index contributed by atoms with van der Waals surface area (Å²) in [5.41, 5.74) is -0.216. The van der Waals surface area contributed by atoms with Gasteiger partial charge in [0, 0.05) is 6.54 Å². The minimum atomic E-state index is -2.73. The van der Waals surface area contributed by atoms with E-state index < -0.39 is 9.84 Å². The maximum atomic E-state index is 11.3. The van der Waals surface area contributed by atoms with E-state index in [2.05, 4.69) is 12.2 Å². The number of halogens is 1. The summed E-state index contributed by atoms with van der Waals surface area (Å²) in [7, 11) is -2.73. The van der Waals surface area contributed by atoms with Crippen molar-refractivity contribution in [1.29, 1.82) is 0 Å². The molecule has 16 heavy (non-hydrogen) atoms. The number of nitrogens with one attached hydrogen (secondary N) is 1. The lowest BCUT2D eigenvalue weighted by atomic mass is 9.93. The zero-order valence-electron chi connectivity index (χ0n) is 9.57. The Morgan fingerprint density at radius 3 is 2.50 bits per heavy atom. The zero-order chi connectivity index (χ0) is 10.9. The van der Waals surface area contributed by atoms with Crippen LogP contribution < -0.4 is 5.32 Å². The second-order valence-corrected chi connectivity index (χ2v) is 7.11. The third-order valence-corrected chi connectivity index (χ3v) is 5.09. The van der Waals surface area contributed by atoms with E-state index in [-0.39, 0.29) is 18.1 Å². The molecule has 96 valence electrons. The van der Waals surface area contributed by atoms with E-state index in [0.29, 0.717) is 17.4 Å². The van der Waals surface area contributed by atoms with E-state index in [1.807, 2.05) is 0 Å². The Balaban J connectivity index is 0.00000128. The number of ether oxygens (including phenoxy) is 1. The van der Waals surface area contributed by atoms with Crippen molar-refractivity contribution < 1.29 is 13.2 Å². The summed E-state index contributed by atoms with van der Waals surface area (Å²) in [6, 6.07) is 0. The number of hydrogen-bond acceptors (Lipinski definition) is 4. The summed E-state index contributed by atoms with van der Waals surface area (Å²) >= 11 is 0. The average Bonchev–Trinajstić information content (AvgIpc) is 2.57. The summed E-state index contributed by atoms with van der Waals surface area (Å²) in [5.74, 6) is 1.20. The topological polar surface area (TPSA) is 55.4 Å². The number of rotatable bonds is 2. The van der Waals surface area contributed by atoms with Crippen LogP contribution in [-0.4, -0.2) is 38.8 Å². The van der Waals surface area contributed by atoms with E-state index in [0.717, 1.165) is 32.4 Å². The summed E-state index contributed by atoms with van der Waals surface area (Å²) in [6.45, 7) is 3.73. The lowest BCUT2D eigenvalue weighted by Crippen LogP contribution is -2.41. The molecule has 2 fully saturated rings. The summed E-state index contributed by atoms with van der Waals surface area (Å²) in [4.78, 5) is 0. The maximum absolute atomic E-state index is 11.3. The lowest BCUT2D eigenvalue weighted by molar-refractivity contribution is -0.0145. The fourth-order valence-electron chi connectivity index (χ4n) is 2.47. The van der Waals surface area contributed by atoms with Crippen LogP contribution in [0, 0.1) is 5.92 Å². The van der Waals surface area contributed by atoms with Crippen molar-refractivity contribution in [2.75, 3.05) is 24.7 Å². The van der Waals surface area contributed by atoms with Gasteiger partial charge in [-0.3, -0.25) is 5.32 Å². The molecule has 1 unspecified atom stereocenters. The first-order valence-corrected chi connectivity index (χ1v) is 7.41. The normalized spacial score (nSPS) is 34.6. The van der Waals surface area contributed by atoms with Crippen LogP contribution in [0.25, 0.3) is 0 Å². The van der Waals surface area contributed by atoms with Crippen LogP contribution in [0.15, 0.2) is 0 Å². The molecule has 4 nitrogen and oxygen atoms in total. The zero-order valence-corrected chi connectivity index (χ0v) is 11.2. The Bertz CT molecular complexity index is 311. The van der Waals surface area contributed by atoms with Gasteiger partial charge in [0.05, 0.1) is 18.1 Å². The third kappa shape index (κ3) is 3.58. The van der Waals surface area contributed by atoms with E-state index in [1.165, 1.54) is 0 Å². The highest BCUT2D eigenvalue weighted by Crippen LogP contribution is 2.29. The van der Waals surface area contributed by atoms with Crippen LogP contribution in [0.5, 0.6) is 0 Å². The smallest absolute Gasteiger partial charge is 0.150 e. The largest absolute Gasteiger partial charge is 0.360 e. The highest BCUT2D eigenvalue weighted by molar-refractivity contribution is 7.91. The number of sulfone groups is 1. The minimum absolute atomic E-state index is 0. The molecular formula is C10H20ClNO3S. The van der Waals surface area contributed by atoms with E-state index in [9.17, 15) is 8.42 Å². The second-order valence-electron chi connectivity index (χ2n) is 4.81. The highest BCUT2D eigenvalue weighted by Gasteiger charge is 2.34. The van der Waals surface area contributed by atoms with Gasteiger partial charge in [0.2, 0.25) is 0 Å². The van der Waals surface area contributed by atoms with Gasteiger partial charge in [-0.25, -0.2) is 8.42 Å². The van der Waals surface area contributed by atoms with Gasteiger partial charge in [-0.1, -0.05) is 0 Å². The molecule has 0 aliphatic carbocycles. The molecule has 2 saturated heterocycles. The van der Waals surface area contributed by atoms with Crippen molar-refractivity contribution in [1.82, 2.24) is 5.32 Å². The van der Waals surface area contributed by atoms with Crippen LogP contribution in [0.4, 0.5) is 0 Å². The molecule has 6 heteroatoms. The van der Waals surface area contributed by atoms with Crippen LogP contribution in [-0.2, 0) is 14.6 Å². The van der Waals surface area contributed by atoms with Crippen LogP contribution >= 0.6 is 12.4 Å². The van der Waals surface area contributed by atoms with Gasteiger partial charge in [0.15, 0.2) is 0 Å². The van der Waals surface area contributed by atoms with Crippen LogP contribution in [0.3, 0.4) is 0 Å². The average molecular weight is 270 g/mol. The standard InChI is InChI=1S/C10H19NO3S.ClH/c1-10(11-4-5-14-10)8-9-2-6-15(12,13)7-3-9;/h9,11H,2-8H2,1H3;1H. The van der Waals surface area contributed by atoms with Crippen LogP contribution in [0.2, 0.25) is 0 Å². The molecule has 0 aromatic rings. The summed E-state index contributed by atoms with van der Waals surface area (Å²) in [6.07, 6.45) is 2.52. The van der Waals surface area contributed by atoms with Crippen molar-refractivity contribution >= 4 is 22.2 Å². The molecule has 1 N–H and O–H groups in total. The summed E-state index contributed by atoms with van der Waals surface area (Å²) < 4.78 is 28.2. The van der Waals surface area contributed by atoms with Crippen molar-refractivity contribution in [3.8, 4) is 0 Å². The molecule has 0 amide bonds. The molecule has 0 bridgehead atoms. The Morgan fingerprint density at radius 1 is 1.38 bits per heavy atom. The van der Waals surface area contributed by atoms with Gasteiger partial charge in [-0.05, 0) is 32.1 Å². The molecule has 2 heterocycles. The second kappa shape index (κ2) is 5.21. The van der Waals surface area contributed by atoms with Gasteiger partial charge >= 0.3 is 0 Å². The fraction of sp³-hybridized carbons (Fsp3) is 1.00. The lowest BCUT2D eigenvalue weighted by Gasteiger charge is -2.30. The molecule has 0 spiro atoms. The van der Waals surface area contributed by atoms with Crippen LogP contribution in [0.1, 0.15) is 26.2 Å². The number of hydrogen-bond donors (Lipinski definition) is 1. The van der Waals surface area contributed by atoms with Gasteiger partial charge in [0.25, 0.3) is 0 Å². The Labute approximate surface area is 103 Å². The first-order valence-electron chi connectivity index (χ1n) is 5.59. The summed E-state index contributed by atoms with van der Waals surface area (Å²) in [5, 5.41) is 3.33. The fourth-order valence-corrected chi connectivity index (χ4v) is 4.06. The van der Waals surface area contributed by atoms with Gasteiger partial charge < -0.3 is 4.74 Å². The Morgan fingerprint density at radius 2 is 2.00 bits per heavy atom. The first kappa shape index (κ1) is 14.2. The predicted octanol–water partition coefficient (Wildman–Crippen LogP) is 0.959. The highest BCUT2D eigenvalue weighted by atomic mass is 35.5. The van der Waals surface area contributed by atoms with E-state index in [4.69, 9.17) is 4.74 Å². The van der Waals surface area contributed by atoms with Crippen molar-refractivity contribution in [2.24, 2.45) is 5.92 Å². The minimum Gasteiger partial charge on any atom is -0.360 e. The van der Waals surface area contributed by atoms with Gasteiger partial charge in [-0.15, -0.1) is 12.4 Å². The van der Waals surface area contributed by atoms with Crippen molar-refractivity contribution in [3.63, 3.8) is 0 Å². The quantitative estimate of drug-likeness (QED) is 0.811. The maximum Gasteiger partial charge on any atom is 0.150 e. The third-order valence-electron chi connectivity index (χ3n) is 3.37. The van der Waals surface area contributed by atoms with Gasteiger partial charge in [0.1, 0.15) is 15.6 Å². The molecular weight excluding hydrogens is 250 g/mol. The molecule has 1 atom stereocenters. The molecule has 2 aliphatic rings. The predicted molar refractivity (Wildman–Crippen MR) is 65.6 cm³/mol. The SMILES string of the molecule is CC1(CC2CCS(=O)(=O)CC2)NCCO1.Cl. The molecule has 0 aromatic heterocycles.